The van der Waals surface area contributed by atoms with Crippen LogP contribution >= 0.6 is 12.4 Å². The van der Waals surface area contributed by atoms with Gasteiger partial charge in [-0.2, -0.15) is 0 Å². The molecule has 1 amide bonds. The average molecular weight is 399 g/mol. The molecule has 0 saturated carbocycles. The normalized spacial score (nSPS) is 10.7. The van der Waals surface area contributed by atoms with Gasteiger partial charge in [0.15, 0.2) is 9.84 Å². The van der Waals surface area contributed by atoms with E-state index in [2.05, 4.69) is 5.32 Å². The second-order valence-corrected chi connectivity index (χ2v) is 8.01. The lowest BCUT2D eigenvalue weighted by atomic mass is 10.1. The fourth-order valence-corrected chi connectivity index (χ4v) is 2.59. The highest BCUT2D eigenvalue weighted by molar-refractivity contribution is 7.90. The molecular formula is C18H23ClN2O4S. The van der Waals surface area contributed by atoms with Crippen molar-refractivity contribution in [3.8, 4) is 5.75 Å². The van der Waals surface area contributed by atoms with Crippen molar-refractivity contribution in [1.82, 2.24) is 0 Å². The van der Waals surface area contributed by atoms with Gasteiger partial charge in [0.1, 0.15) is 12.4 Å². The maximum atomic E-state index is 12.1. The average Bonchev–Trinajstić information content (AvgIpc) is 2.53. The number of sulfone groups is 1. The van der Waals surface area contributed by atoms with Gasteiger partial charge in [0, 0.05) is 30.1 Å². The Morgan fingerprint density at radius 2 is 1.88 bits per heavy atom. The van der Waals surface area contributed by atoms with Gasteiger partial charge in [-0.15, -0.1) is 12.4 Å². The van der Waals surface area contributed by atoms with Gasteiger partial charge in [-0.1, -0.05) is 24.3 Å². The monoisotopic (exact) mass is 398 g/mol. The number of para-hydroxylation sites is 1. The molecule has 6 nitrogen and oxygen atoms in total. The van der Waals surface area contributed by atoms with Gasteiger partial charge in [-0.3, -0.25) is 4.79 Å². The van der Waals surface area contributed by atoms with E-state index < -0.39 is 9.84 Å². The van der Waals surface area contributed by atoms with E-state index in [1.807, 2.05) is 24.3 Å². The fourth-order valence-electron chi connectivity index (χ4n) is 2.21. The van der Waals surface area contributed by atoms with Gasteiger partial charge >= 0.3 is 0 Å². The highest BCUT2D eigenvalue weighted by Gasteiger charge is 2.07. The van der Waals surface area contributed by atoms with Gasteiger partial charge in [0.2, 0.25) is 5.91 Å². The van der Waals surface area contributed by atoms with Crippen LogP contribution in [0.1, 0.15) is 12.0 Å². The number of rotatable bonds is 8. The summed E-state index contributed by atoms with van der Waals surface area (Å²) in [5.41, 5.74) is 8.08. The number of anilines is 2. The highest BCUT2D eigenvalue weighted by atomic mass is 35.5. The minimum Gasteiger partial charge on any atom is -0.492 e. The Labute approximate surface area is 160 Å². The smallest absolute Gasteiger partial charge is 0.224 e. The molecule has 0 aromatic heterocycles. The van der Waals surface area contributed by atoms with Crippen LogP contribution in [0.5, 0.6) is 5.75 Å². The number of ether oxygens (including phenoxy) is 1. The number of nitrogens with one attached hydrogen (secondary N) is 1. The first-order chi connectivity index (χ1) is 11.8. The maximum absolute atomic E-state index is 12.1. The summed E-state index contributed by atoms with van der Waals surface area (Å²) < 4.78 is 27.6. The van der Waals surface area contributed by atoms with Crippen LogP contribution in [0.25, 0.3) is 0 Å². The first-order valence-corrected chi connectivity index (χ1v) is 9.93. The third-order valence-corrected chi connectivity index (χ3v) is 4.43. The molecule has 0 aliphatic carbocycles. The van der Waals surface area contributed by atoms with Gasteiger partial charge < -0.3 is 15.8 Å². The van der Waals surface area contributed by atoms with E-state index >= 15 is 0 Å². The Morgan fingerprint density at radius 3 is 2.58 bits per heavy atom. The lowest BCUT2D eigenvalue weighted by Crippen LogP contribution is -2.14. The summed E-state index contributed by atoms with van der Waals surface area (Å²) in [6, 6.07) is 14.3. The third-order valence-electron chi connectivity index (χ3n) is 3.52. The van der Waals surface area contributed by atoms with E-state index in [0.29, 0.717) is 30.0 Å². The second-order valence-electron chi connectivity index (χ2n) is 5.75. The lowest BCUT2D eigenvalue weighted by molar-refractivity contribution is -0.116. The molecule has 2 aromatic carbocycles. The summed E-state index contributed by atoms with van der Waals surface area (Å²) in [4.78, 5) is 12.1. The second kappa shape index (κ2) is 10.0. The van der Waals surface area contributed by atoms with Crippen molar-refractivity contribution < 1.29 is 17.9 Å². The zero-order valence-electron chi connectivity index (χ0n) is 14.5. The first-order valence-electron chi connectivity index (χ1n) is 7.87. The number of halogens is 1. The van der Waals surface area contributed by atoms with Crippen molar-refractivity contribution in [1.29, 1.82) is 0 Å². The SMILES string of the molecule is CS(=O)(=O)CCOc1cccc(NC(=O)CCc2ccccc2N)c1.Cl. The predicted octanol–water partition coefficient (Wildman–Crippen LogP) is 2.69. The lowest BCUT2D eigenvalue weighted by Gasteiger charge is -2.09. The van der Waals surface area contributed by atoms with Crippen LogP contribution in [-0.2, 0) is 21.1 Å². The molecule has 0 atom stereocenters. The van der Waals surface area contributed by atoms with E-state index in [0.717, 1.165) is 11.8 Å². The standard InChI is InChI=1S/C18H22N2O4S.ClH/c1-25(22,23)12-11-24-16-7-4-6-15(13-16)20-18(21)10-9-14-5-2-3-8-17(14)19;/h2-8,13H,9-12,19H2,1H3,(H,20,21);1H. The number of aryl methyl sites for hydroxylation is 1. The molecule has 0 bridgehead atoms. The Hall–Kier alpha value is -2.25. The molecular weight excluding hydrogens is 376 g/mol. The molecule has 3 N–H and O–H groups in total. The molecule has 0 aliphatic rings. The van der Waals surface area contributed by atoms with Crippen LogP contribution < -0.4 is 15.8 Å². The minimum atomic E-state index is -3.07. The van der Waals surface area contributed by atoms with Gasteiger partial charge in [0.25, 0.3) is 0 Å². The van der Waals surface area contributed by atoms with Gasteiger partial charge in [-0.05, 0) is 30.2 Å². The summed E-state index contributed by atoms with van der Waals surface area (Å²) in [5.74, 6) is 0.326. The van der Waals surface area contributed by atoms with Crippen molar-refractivity contribution in [2.45, 2.75) is 12.8 Å². The number of amides is 1. The van der Waals surface area contributed by atoms with Gasteiger partial charge in [0.05, 0.1) is 5.75 Å². The zero-order chi connectivity index (χ0) is 18.3. The third kappa shape index (κ3) is 7.76. The summed E-state index contributed by atoms with van der Waals surface area (Å²) in [6.45, 7) is 0.0729. The van der Waals surface area contributed by atoms with Crippen LogP contribution in [0.4, 0.5) is 11.4 Å². The van der Waals surface area contributed by atoms with Crippen LogP contribution in [-0.4, -0.2) is 32.9 Å². The number of nitrogen functional groups attached to an aromatic ring is 1. The molecule has 0 spiro atoms. The van der Waals surface area contributed by atoms with Crippen molar-refractivity contribution in [3.05, 3.63) is 54.1 Å². The number of benzene rings is 2. The van der Waals surface area contributed by atoms with Crippen LogP contribution in [0.2, 0.25) is 0 Å². The molecule has 0 radical (unpaired) electrons. The summed E-state index contributed by atoms with van der Waals surface area (Å²) in [6.07, 6.45) is 2.03. The summed E-state index contributed by atoms with van der Waals surface area (Å²) >= 11 is 0. The topological polar surface area (TPSA) is 98.5 Å². The summed E-state index contributed by atoms with van der Waals surface area (Å²) in [5, 5.41) is 2.80. The van der Waals surface area contributed by atoms with Crippen LogP contribution in [0.3, 0.4) is 0 Å². The summed E-state index contributed by atoms with van der Waals surface area (Å²) in [7, 11) is -3.07. The molecule has 0 heterocycles. The molecule has 0 aliphatic heterocycles. The van der Waals surface area contributed by atoms with E-state index in [4.69, 9.17) is 10.5 Å². The Morgan fingerprint density at radius 1 is 1.15 bits per heavy atom. The molecule has 8 heteroatoms. The van der Waals surface area contributed by atoms with E-state index in [9.17, 15) is 13.2 Å². The van der Waals surface area contributed by atoms with Crippen molar-refractivity contribution in [2.75, 3.05) is 29.7 Å². The van der Waals surface area contributed by atoms with E-state index in [-0.39, 0.29) is 30.7 Å². The van der Waals surface area contributed by atoms with E-state index in [1.54, 1.807) is 24.3 Å². The van der Waals surface area contributed by atoms with Crippen molar-refractivity contribution in [2.24, 2.45) is 0 Å². The zero-order valence-corrected chi connectivity index (χ0v) is 16.1. The molecule has 0 unspecified atom stereocenters. The first kappa shape index (κ1) is 21.8. The maximum Gasteiger partial charge on any atom is 0.224 e. The Bertz CT molecular complexity index is 841. The molecule has 2 rings (SSSR count). The quantitative estimate of drug-likeness (QED) is 0.666. The number of carbonyl (C=O) groups is 1. The number of hydrogen-bond donors (Lipinski definition) is 2. The van der Waals surface area contributed by atoms with Crippen molar-refractivity contribution in [3.63, 3.8) is 0 Å². The van der Waals surface area contributed by atoms with Crippen LogP contribution in [0, 0.1) is 0 Å². The van der Waals surface area contributed by atoms with E-state index in [1.165, 1.54) is 0 Å². The number of nitrogens with two attached hydrogens (primary N) is 1. The molecule has 0 saturated heterocycles. The highest BCUT2D eigenvalue weighted by Crippen LogP contribution is 2.18. The minimum absolute atomic E-state index is 0. The Kier molecular flexibility index (Phi) is 8.41. The number of carbonyl (C=O) groups excluding carboxylic acids is 1. The Balaban J connectivity index is 0.00000338. The fraction of sp³-hybridized carbons (Fsp3) is 0.278. The molecule has 0 fully saturated rings. The largest absolute Gasteiger partial charge is 0.492 e. The van der Waals surface area contributed by atoms with Crippen molar-refractivity contribution >= 4 is 39.5 Å². The predicted molar refractivity (Wildman–Crippen MR) is 107 cm³/mol. The number of hydrogen-bond acceptors (Lipinski definition) is 5. The molecule has 2 aromatic rings. The van der Waals surface area contributed by atoms with Crippen LogP contribution in [0.15, 0.2) is 48.5 Å². The molecule has 26 heavy (non-hydrogen) atoms. The van der Waals surface area contributed by atoms with Gasteiger partial charge in [-0.25, -0.2) is 8.42 Å². The molecule has 142 valence electrons.